The molecule has 0 aromatic heterocycles. The maximum atomic E-state index is 10.9. The van der Waals surface area contributed by atoms with Crippen molar-refractivity contribution in [3.8, 4) is 0 Å². The summed E-state index contributed by atoms with van der Waals surface area (Å²) in [6, 6.07) is 0. The van der Waals surface area contributed by atoms with Crippen LogP contribution < -0.4 is 0 Å². The molecule has 0 heterocycles. The summed E-state index contributed by atoms with van der Waals surface area (Å²) in [6.07, 6.45) is 14.6. The van der Waals surface area contributed by atoms with Gasteiger partial charge in [0.2, 0.25) is 0 Å². The molecule has 1 unspecified atom stereocenters. The summed E-state index contributed by atoms with van der Waals surface area (Å²) in [5.41, 5.74) is 0. The van der Waals surface area contributed by atoms with Crippen molar-refractivity contribution in [3.63, 3.8) is 0 Å². The van der Waals surface area contributed by atoms with Crippen molar-refractivity contribution < 1.29 is 17.7 Å². The van der Waals surface area contributed by atoms with E-state index in [-0.39, 0.29) is 11.9 Å². The minimum absolute atomic E-state index is 0.0332. The molecule has 23 heavy (non-hydrogen) atoms. The average Bonchev–Trinajstić information content (AvgIpc) is 2.49. The molecule has 0 aliphatic rings. The monoisotopic (exact) mass is 350 g/mol. The summed E-state index contributed by atoms with van der Waals surface area (Å²) in [5.74, 6) is -0.191. The first-order valence-electron chi connectivity index (χ1n) is 9.56. The van der Waals surface area contributed by atoms with Gasteiger partial charge >= 0.3 is 0 Å². The van der Waals surface area contributed by atoms with Crippen LogP contribution in [0.4, 0.5) is 0 Å². The maximum absolute atomic E-state index is 10.9. The fourth-order valence-electron chi connectivity index (χ4n) is 2.70. The van der Waals surface area contributed by atoms with Crippen LogP contribution in [0, 0.1) is 0 Å². The van der Waals surface area contributed by atoms with Crippen LogP contribution in [0.25, 0.3) is 0 Å². The zero-order chi connectivity index (χ0) is 17.4. The molecule has 0 rings (SSSR count). The highest BCUT2D eigenvalue weighted by molar-refractivity contribution is 7.85. The summed E-state index contributed by atoms with van der Waals surface area (Å²) in [7, 11) is -3.88. The third-order valence-corrected chi connectivity index (χ3v) is 4.93. The Labute approximate surface area is 144 Å². The minimum Gasteiger partial charge on any atom is -0.378 e. The predicted molar refractivity (Wildman–Crippen MR) is 97.5 cm³/mol. The molecule has 0 saturated carbocycles. The van der Waals surface area contributed by atoms with E-state index in [2.05, 4.69) is 13.8 Å². The molecule has 1 atom stereocenters. The smallest absolute Gasteiger partial charge is 0.264 e. The van der Waals surface area contributed by atoms with Crippen LogP contribution >= 0.6 is 0 Å². The molecule has 0 aromatic carbocycles. The van der Waals surface area contributed by atoms with Gasteiger partial charge in [0.25, 0.3) is 10.1 Å². The quantitative estimate of drug-likeness (QED) is 0.283. The van der Waals surface area contributed by atoms with Gasteiger partial charge in [0.15, 0.2) is 0 Å². The summed E-state index contributed by atoms with van der Waals surface area (Å²) < 4.78 is 36.6. The number of rotatable bonds is 17. The van der Waals surface area contributed by atoms with Crippen molar-refractivity contribution >= 4 is 10.1 Å². The van der Waals surface area contributed by atoms with Gasteiger partial charge in [-0.2, -0.15) is 8.42 Å². The number of hydrogen-bond donors (Lipinski definition) is 1. The fraction of sp³-hybridized carbons (Fsp3) is 1.00. The Morgan fingerprint density at radius 2 is 1.30 bits per heavy atom. The lowest BCUT2D eigenvalue weighted by atomic mass is 10.1. The molecular formula is C18H38O4S. The first kappa shape index (κ1) is 22.9. The van der Waals surface area contributed by atoms with Gasteiger partial charge < -0.3 is 4.74 Å². The second-order valence-corrected chi connectivity index (χ2v) is 8.11. The van der Waals surface area contributed by atoms with Gasteiger partial charge in [0.05, 0.1) is 11.9 Å². The third kappa shape index (κ3) is 18.1. The van der Waals surface area contributed by atoms with E-state index in [9.17, 15) is 8.42 Å². The van der Waals surface area contributed by atoms with Gasteiger partial charge in [-0.25, -0.2) is 0 Å². The van der Waals surface area contributed by atoms with Gasteiger partial charge in [-0.05, 0) is 19.3 Å². The van der Waals surface area contributed by atoms with Crippen LogP contribution in [-0.2, 0) is 14.9 Å². The second-order valence-electron chi connectivity index (χ2n) is 6.54. The lowest BCUT2D eigenvalue weighted by Gasteiger charge is -2.17. The molecule has 0 aromatic rings. The van der Waals surface area contributed by atoms with Crippen molar-refractivity contribution in [1.29, 1.82) is 0 Å². The van der Waals surface area contributed by atoms with Crippen LogP contribution in [-0.4, -0.2) is 31.4 Å². The molecule has 0 radical (unpaired) electrons. The third-order valence-electron chi connectivity index (χ3n) is 4.18. The van der Waals surface area contributed by atoms with Crippen molar-refractivity contribution in [1.82, 2.24) is 0 Å². The predicted octanol–water partition coefficient (Wildman–Crippen LogP) is 5.37. The second kappa shape index (κ2) is 15.4. The van der Waals surface area contributed by atoms with Crippen LogP contribution in [0.1, 0.15) is 97.3 Å². The summed E-state index contributed by atoms with van der Waals surface area (Å²) in [6.45, 7) is 5.10. The van der Waals surface area contributed by atoms with Crippen molar-refractivity contribution in [2.24, 2.45) is 0 Å². The highest BCUT2D eigenvalue weighted by atomic mass is 32.2. The SMILES string of the molecule is CCCCCCCCCC(CCS(=O)(=O)O)OCCCCCC. The largest absolute Gasteiger partial charge is 0.378 e. The lowest BCUT2D eigenvalue weighted by molar-refractivity contribution is 0.0409. The Balaban J connectivity index is 3.87. The van der Waals surface area contributed by atoms with Crippen molar-refractivity contribution in [3.05, 3.63) is 0 Å². The molecule has 0 amide bonds. The number of hydrogen-bond acceptors (Lipinski definition) is 3. The van der Waals surface area contributed by atoms with E-state index in [1.807, 2.05) is 0 Å². The maximum Gasteiger partial charge on any atom is 0.264 e. The van der Waals surface area contributed by atoms with E-state index in [1.54, 1.807) is 0 Å². The molecule has 1 N–H and O–H groups in total. The van der Waals surface area contributed by atoms with Crippen molar-refractivity contribution in [2.45, 2.75) is 103 Å². The van der Waals surface area contributed by atoms with E-state index >= 15 is 0 Å². The molecule has 5 heteroatoms. The Hall–Kier alpha value is -0.130. The number of unbranched alkanes of at least 4 members (excludes halogenated alkanes) is 9. The van der Waals surface area contributed by atoms with Crippen LogP contribution in [0.3, 0.4) is 0 Å². The molecule has 0 saturated heterocycles. The van der Waals surface area contributed by atoms with Crippen LogP contribution in [0.5, 0.6) is 0 Å². The molecule has 0 bridgehead atoms. The van der Waals surface area contributed by atoms with Gasteiger partial charge in [-0.3, -0.25) is 4.55 Å². The van der Waals surface area contributed by atoms with Gasteiger partial charge in [-0.1, -0.05) is 78.1 Å². The Bertz CT molecular complexity index is 341. The minimum atomic E-state index is -3.88. The molecule has 140 valence electrons. The highest BCUT2D eigenvalue weighted by Gasteiger charge is 2.13. The molecule has 0 spiro atoms. The summed E-state index contributed by atoms with van der Waals surface area (Å²) in [4.78, 5) is 0. The Kier molecular flexibility index (Phi) is 15.3. The van der Waals surface area contributed by atoms with E-state index in [0.29, 0.717) is 13.0 Å². The van der Waals surface area contributed by atoms with Gasteiger partial charge in [0.1, 0.15) is 0 Å². The van der Waals surface area contributed by atoms with Crippen molar-refractivity contribution in [2.75, 3.05) is 12.4 Å². The first-order chi connectivity index (χ1) is 11.0. The molecule has 0 aliphatic carbocycles. The molecule has 0 fully saturated rings. The molecule has 0 aliphatic heterocycles. The van der Waals surface area contributed by atoms with Crippen LogP contribution in [0.15, 0.2) is 0 Å². The van der Waals surface area contributed by atoms with E-state index in [4.69, 9.17) is 9.29 Å². The zero-order valence-corrected chi connectivity index (χ0v) is 16.1. The standard InChI is InChI=1S/C18H38O4S/c1-3-5-7-9-10-11-12-14-18(15-17-23(19,20)21)22-16-13-8-6-4-2/h18H,3-17H2,1-2H3,(H,19,20,21). The highest BCUT2D eigenvalue weighted by Crippen LogP contribution is 2.14. The van der Waals surface area contributed by atoms with E-state index < -0.39 is 10.1 Å². The number of ether oxygens (including phenoxy) is 1. The first-order valence-corrected chi connectivity index (χ1v) is 11.2. The Morgan fingerprint density at radius 3 is 1.87 bits per heavy atom. The normalized spacial score (nSPS) is 13.3. The summed E-state index contributed by atoms with van der Waals surface area (Å²) in [5, 5.41) is 0. The molecule has 4 nitrogen and oxygen atoms in total. The molecular weight excluding hydrogens is 312 g/mol. The van der Waals surface area contributed by atoms with Gasteiger partial charge in [0, 0.05) is 6.61 Å². The fourth-order valence-corrected chi connectivity index (χ4v) is 3.26. The topological polar surface area (TPSA) is 63.6 Å². The summed E-state index contributed by atoms with van der Waals surface area (Å²) >= 11 is 0. The zero-order valence-electron chi connectivity index (χ0n) is 15.3. The van der Waals surface area contributed by atoms with Crippen LogP contribution in [0.2, 0.25) is 0 Å². The Morgan fingerprint density at radius 1 is 0.783 bits per heavy atom. The lowest BCUT2D eigenvalue weighted by Crippen LogP contribution is -2.19. The van der Waals surface area contributed by atoms with Gasteiger partial charge in [-0.15, -0.1) is 0 Å². The average molecular weight is 351 g/mol. The van der Waals surface area contributed by atoms with E-state index in [1.165, 1.54) is 57.8 Å². The van der Waals surface area contributed by atoms with E-state index in [0.717, 1.165) is 19.3 Å².